The first-order valence-electron chi connectivity index (χ1n) is 8.18. The van der Waals surface area contributed by atoms with Crippen molar-refractivity contribution in [1.29, 1.82) is 0 Å². The minimum atomic E-state index is -0.522. The van der Waals surface area contributed by atoms with Crippen LogP contribution < -0.4 is 10.1 Å². The SMILES string of the molecule is Cc1ccc(C=C2C(=O)NC(=S)N(CCCOc3ccccc3)C2=O)o1. The lowest BCUT2D eigenvalue weighted by atomic mass is 10.1. The van der Waals surface area contributed by atoms with Crippen LogP contribution in [0.1, 0.15) is 17.9 Å². The van der Waals surface area contributed by atoms with Gasteiger partial charge in [0.05, 0.1) is 6.61 Å². The van der Waals surface area contributed by atoms with E-state index in [-0.39, 0.29) is 10.7 Å². The molecule has 0 radical (unpaired) electrons. The van der Waals surface area contributed by atoms with E-state index in [0.29, 0.717) is 31.1 Å². The Kier molecular flexibility index (Phi) is 5.48. The first kappa shape index (κ1) is 17.9. The first-order valence-corrected chi connectivity index (χ1v) is 8.58. The minimum Gasteiger partial charge on any atom is -0.494 e. The molecule has 1 aromatic heterocycles. The molecule has 134 valence electrons. The van der Waals surface area contributed by atoms with E-state index in [1.165, 1.54) is 11.0 Å². The molecule has 0 unspecified atom stereocenters. The molecule has 0 saturated carbocycles. The maximum atomic E-state index is 12.6. The second kappa shape index (κ2) is 7.97. The lowest BCUT2D eigenvalue weighted by Gasteiger charge is -2.28. The lowest BCUT2D eigenvalue weighted by Crippen LogP contribution is -2.54. The Labute approximate surface area is 156 Å². The third-order valence-corrected chi connectivity index (χ3v) is 4.09. The van der Waals surface area contributed by atoms with Crippen molar-refractivity contribution in [2.75, 3.05) is 13.2 Å². The van der Waals surface area contributed by atoms with Gasteiger partial charge in [-0.2, -0.15) is 0 Å². The molecule has 1 aromatic carbocycles. The fourth-order valence-corrected chi connectivity index (χ4v) is 2.77. The molecule has 2 heterocycles. The van der Waals surface area contributed by atoms with E-state index in [4.69, 9.17) is 21.4 Å². The molecule has 3 rings (SSSR count). The Balaban J connectivity index is 1.63. The molecular weight excluding hydrogens is 352 g/mol. The smallest absolute Gasteiger partial charge is 0.265 e. The number of carbonyl (C=O) groups is 2. The van der Waals surface area contributed by atoms with Gasteiger partial charge in [0.1, 0.15) is 22.8 Å². The maximum Gasteiger partial charge on any atom is 0.265 e. The van der Waals surface area contributed by atoms with E-state index in [1.807, 2.05) is 30.3 Å². The Bertz CT molecular complexity index is 857. The molecule has 2 amide bonds. The van der Waals surface area contributed by atoms with E-state index in [0.717, 1.165) is 5.75 Å². The van der Waals surface area contributed by atoms with E-state index in [2.05, 4.69) is 5.32 Å². The maximum absolute atomic E-state index is 12.6. The number of furan rings is 1. The minimum absolute atomic E-state index is 0.00284. The number of aryl methyl sites for hydroxylation is 1. The van der Waals surface area contributed by atoms with Crippen molar-refractivity contribution in [3.63, 3.8) is 0 Å². The molecule has 0 aliphatic carbocycles. The fourth-order valence-electron chi connectivity index (χ4n) is 2.50. The summed E-state index contributed by atoms with van der Waals surface area (Å²) >= 11 is 5.13. The van der Waals surface area contributed by atoms with Crippen molar-refractivity contribution in [3.8, 4) is 5.75 Å². The van der Waals surface area contributed by atoms with E-state index in [1.54, 1.807) is 19.1 Å². The number of nitrogens with one attached hydrogen (secondary N) is 1. The molecule has 2 aromatic rings. The van der Waals surface area contributed by atoms with Crippen molar-refractivity contribution >= 4 is 35.2 Å². The summed E-state index contributed by atoms with van der Waals surface area (Å²) in [5, 5.41) is 2.65. The Morgan fingerprint density at radius 2 is 1.96 bits per heavy atom. The van der Waals surface area contributed by atoms with Crippen molar-refractivity contribution in [2.24, 2.45) is 0 Å². The third-order valence-electron chi connectivity index (χ3n) is 3.77. The van der Waals surface area contributed by atoms with E-state index >= 15 is 0 Å². The fraction of sp³-hybridized carbons (Fsp3) is 0.211. The molecule has 6 nitrogen and oxygen atoms in total. The van der Waals surface area contributed by atoms with Crippen LogP contribution >= 0.6 is 12.2 Å². The van der Waals surface area contributed by atoms with Crippen LogP contribution in [0.4, 0.5) is 0 Å². The van der Waals surface area contributed by atoms with Gasteiger partial charge < -0.3 is 9.15 Å². The van der Waals surface area contributed by atoms with Gasteiger partial charge in [0.2, 0.25) is 0 Å². The molecule has 0 atom stereocenters. The number of hydrogen-bond donors (Lipinski definition) is 1. The number of rotatable bonds is 6. The lowest BCUT2D eigenvalue weighted by molar-refractivity contribution is -0.128. The molecular formula is C19H18N2O4S. The summed E-state index contributed by atoms with van der Waals surface area (Å²) in [4.78, 5) is 26.1. The van der Waals surface area contributed by atoms with E-state index in [9.17, 15) is 9.59 Å². The number of amides is 2. The topological polar surface area (TPSA) is 71.8 Å². The summed E-state index contributed by atoms with van der Waals surface area (Å²) in [5.41, 5.74) is -0.00284. The second-order valence-corrected chi connectivity index (χ2v) is 6.12. The van der Waals surface area contributed by atoms with Crippen molar-refractivity contribution < 1.29 is 18.7 Å². The number of ether oxygens (including phenoxy) is 1. The summed E-state index contributed by atoms with van der Waals surface area (Å²) in [6.45, 7) is 2.57. The van der Waals surface area contributed by atoms with Gasteiger partial charge in [0.25, 0.3) is 11.8 Å². The normalized spacial score (nSPS) is 16.1. The van der Waals surface area contributed by atoms with Crippen molar-refractivity contribution in [3.05, 3.63) is 59.6 Å². The first-order chi connectivity index (χ1) is 12.5. The molecule has 1 aliphatic heterocycles. The molecule has 7 heteroatoms. The molecule has 0 bridgehead atoms. The van der Waals surface area contributed by atoms with Crippen LogP contribution in [0.3, 0.4) is 0 Å². The zero-order chi connectivity index (χ0) is 18.5. The highest BCUT2D eigenvalue weighted by Gasteiger charge is 2.33. The number of benzene rings is 1. The van der Waals surface area contributed by atoms with Crippen LogP contribution in [0, 0.1) is 6.92 Å². The quantitative estimate of drug-likeness (QED) is 0.366. The Morgan fingerprint density at radius 1 is 1.19 bits per heavy atom. The number of para-hydroxylation sites is 1. The van der Waals surface area contributed by atoms with Gasteiger partial charge in [-0.15, -0.1) is 0 Å². The summed E-state index contributed by atoms with van der Waals surface area (Å²) in [7, 11) is 0. The summed E-state index contributed by atoms with van der Waals surface area (Å²) in [5.74, 6) is 0.951. The molecule has 1 N–H and O–H groups in total. The number of hydrogen-bond acceptors (Lipinski definition) is 5. The number of nitrogens with zero attached hydrogens (tertiary/aromatic N) is 1. The number of thiocarbonyl (C=S) groups is 1. The molecule has 1 aliphatic rings. The number of carbonyl (C=O) groups excluding carboxylic acids is 2. The van der Waals surface area contributed by atoms with Gasteiger partial charge in [-0.1, -0.05) is 18.2 Å². The second-order valence-electron chi connectivity index (χ2n) is 5.74. The van der Waals surface area contributed by atoms with Gasteiger partial charge in [-0.25, -0.2) is 0 Å². The van der Waals surface area contributed by atoms with Crippen LogP contribution in [0.15, 0.2) is 52.5 Å². The third kappa shape index (κ3) is 4.18. The van der Waals surface area contributed by atoms with Crippen molar-refractivity contribution in [2.45, 2.75) is 13.3 Å². The van der Waals surface area contributed by atoms with Gasteiger partial charge >= 0.3 is 0 Å². The predicted octanol–water partition coefficient (Wildman–Crippen LogP) is 2.68. The van der Waals surface area contributed by atoms with Crippen LogP contribution in [-0.4, -0.2) is 35.0 Å². The Morgan fingerprint density at radius 3 is 2.65 bits per heavy atom. The zero-order valence-electron chi connectivity index (χ0n) is 14.2. The van der Waals surface area contributed by atoms with E-state index < -0.39 is 11.8 Å². The van der Waals surface area contributed by atoms with Gasteiger partial charge in [0.15, 0.2) is 5.11 Å². The van der Waals surface area contributed by atoms with Crippen LogP contribution in [0.2, 0.25) is 0 Å². The van der Waals surface area contributed by atoms with Gasteiger partial charge in [-0.05, 0) is 55.9 Å². The van der Waals surface area contributed by atoms with Crippen LogP contribution in [0.25, 0.3) is 6.08 Å². The predicted molar refractivity (Wildman–Crippen MR) is 100 cm³/mol. The standard InChI is InChI=1S/C19H18N2O4S/c1-13-8-9-15(25-13)12-16-17(22)20-19(26)21(18(16)23)10-5-11-24-14-6-3-2-4-7-14/h2-4,6-9,12H,5,10-11H2,1H3,(H,20,22,26). The van der Waals surface area contributed by atoms with Crippen LogP contribution in [0.5, 0.6) is 5.75 Å². The monoisotopic (exact) mass is 370 g/mol. The highest BCUT2D eigenvalue weighted by Crippen LogP contribution is 2.17. The molecule has 0 spiro atoms. The molecule has 26 heavy (non-hydrogen) atoms. The zero-order valence-corrected chi connectivity index (χ0v) is 15.0. The Hall–Kier alpha value is -2.93. The largest absolute Gasteiger partial charge is 0.494 e. The summed E-state index contributed by atoms with van der Waals surface area (Å²) in [6.07, 6.45) is 2.00. The molecule has 1 saturated heterocycles. The average Bonchev–Trinajstić information content (AvgIpc) is 3.04. The summed E-state index contributed by atoms with van der Waals surface area (Å²) < 4.78 is 11.0. The van der Waals surface area contributed by atoms with Crippen LogP contribution in [-0.2, 0) is 9.59 Å². The average molecular weight is 370 g/mol. The highest BCUT2D eigenvalue weighted by molar-refractivity contribution is 7.80. The van der Waals surface area contributed by atoms with Gasteiger partial charge in [0, 0.05) is 6.54 Å². The van der Waals surface area contributed by atoms with Gasteiger partial charge in [-0.3, -0.25) is 19.8 Å². The highest BCUT2D eigenvalue weighted by atomic mass is 32.1. The van der Waals surface area contributed by atoms with Crippen molar-refractivity contribution in [1.82, 2.24) is 10.2 Å². The summed E-state index contributed by atoms with van der Waals surface area (Å²) in [6, 6.07) is 12.9. The molecule has 1 fully saturated rings.